The minimum atomic E-state index is -0.681. The fraction of sp³-hybridized carbons (Fsp3) is 0.682. The smallest absolute Gasteiger partial charge is 0.310 e. The number of carbonyl (C=O) groups is 1. The highest BCUT2D eigenvalue weighted by Gasteiger charge is 2.37. The van der Waals surface area contributed by atoms with Crippen molar-refractivity contribution in [2.24, 2.45) is 0 Å². The van der Waals surface area contributed by atoms with Crippen LogP contribution in [0.25, 0.3) is 0 Å². The highest BCUT2D eigenvalue weighted by Crippen LogP contribution is 2.46. The van der Waals surface area contributed by atoms with Crippen LogP contribution in [0.15, 0.2) is 18.2 Å². The molecule has 0 aliphatic heterocycles. The molecule has 134 valence electrons. The van der Waals surface area contributed by atoms with E-state index in [1.165, 1.54) is 30.4 Å². The predicted octanol–water partition coefficient (Wildman–Crippen LogP) is 6.17. The zero-order chi connectivity index (χ0) is 18.0. The third-order valence-electron chi connectivity index (χ3n) is 5.92. The Hall–Kier alpha value is -1.31. The van der Waals surface area contributed by atoms with Crippen molar-refractivity contribution >= 4 is 5.97 Å². The van der Waals surface area contributed by atoms with Crippen molar-refractivity contribution in [3.8, 4) is 0 Å². The van der Waals surface area contributed by atoms with E-state index in [-0.39, 0.29) is 16.7 Å². The van der Waals surface area contributed by atoms with Crippen LogP contribution in [0.3, 0.4) is 0 Å². The fourth-order valence-corrected chi connectivity index (χ4v) is 4.03. The number of aliphatic carboxylic acids is 1. The summed E-state index contributed by atoms with van der Waals surface area (Å²) in [7, 11) is 0. The molecule has 24 heavy (non-hydrogen) atoms. The van der Waals surface area contributed by atoms with Gasteiger partial charge in [0.25, 0.3) is 0 Å². The number of hydrogen-bond donors (Lipinski definition) is 1. The molecule has 0 fully saturated rings. The zero-order valence-electron chi connectivity index (χ0n) is 16.1. The van der Waals surface area contributed by atoms with Gasteiger partial charge in [0.2, 0.25) is 0 Å². The Morgan fingerprint density at radius 3 is 2.25 bits per heavy atom. The molecule has 0 saturated carbocycles. The lowest BCUT2D eigenvalue weighted by atomic mass is 9.62. The zero-order valence-corrected chi connectivity index (χ0v) is 16.1. The van der Waals surface area contributed by atoms with E-state index in [0.717, 1.165) is 31.2 Å². The first-order valence-electron chi connectivity index (χ1n) is 9.57. The third-order valence-corrected chi connectivity index (χ3v) is 5.92. The summed E-state index contributed by atoms with van der Waals surface area (Å²) in [4.78, 5) is 11.8. The average Bonchev–Trinajstić information content (AvgIpc) is 2.51. The Morgan fingerprint density at radius 1 is 1.04 bits per heavy atom. The number of unbranched alkanes of at least 4 members (excludes halogenated alkanes) is 3. The van der Waals surface area contributed by atoms with Gasteiger partial charge in [-0.2, -0.15) is 0 Å². The molecule has 1 aromatic rings. The molecule has 2 nitrogen and oxygen atoms in total. The van der Waals surface area contributed by atoms with Crippen LogP contribution in [0.2, 0.25) is 0 Å². The number of carboxylic acids is 1. The molecule has 1 aliphatic rings. The lowest BCUT2D eigenvalue weighted by Crippen LogP contribution is -2.34. The van der Waals surface area contributed by atoms with Crippen LogP contribution in [0.1, 0.15) is 102 Å². The van der Waals surface area contributed by atoms with E-state index in [0.29, 0.717) is 0 Å². The van der Waals surface area contributed by atoms with Crippen molar-refractivity contribution in [3.05, 3.63) is 34.9 Å². The molecule has 2 heteroatoms. The SMILES string of the molecule is CCCCCCC(C(=O)O)c1ccc2c(c1)C(C)(C)CCC2(C)C. The second-order valence-electron chi connectivity index (χ2n) is 8.81. The summed E-state index contributed by atoms with van der Waals surface area (Å²) >= 11 is 0. The minimum Gasteiger partial charge on any atom is -0.481 e. The summed E-state index contributed by atoms with van der Waals surface area (Å²) in [5, 5.41) is 9.72. The number of hydrogen-bond acceptors (Lipinski definition) is 1. The summed E-state index contributed by atoms with van der Waals surface area (Å²) in [5.74, 6) is -1.05. The molecule has 0 bridgehead atoms. The monoisotopic (exact) mass is 330 g/mol. The lowest BCUT2D eigenvalue weighted by Gasteiger charge is -2.42. The van der Waals surface area contributed by atoms with Crippen molar-refractivity contribution in [2.75, 3.05) is 0 Å². The van der Waals surface area contributed by atoms with Crippen LogP contribution in [0.4, 0.5) is 0 Å². The van der Waals surface area contributed by atoms with Crippen LogP contribution in [0.5, 0.6) is 0 Å². The first-order chi connectivity index (χ1) is 11.2. The first-order valence-corrected chi connectivity index (χ1v) is 9.57. The van der Waals surface area contributed by atoms with Gasteiger partial charge in [0, 0.05) is 0 Å². The molecule has 1 aromatic carbocycles. The van der Waals surface area contributed by atoms with Crippen molar-refractivity contribution in [1.82, 2.24) is 0 Å². The maximum absolute atomic E-state index is 11.8. The Kier molecular flexibility index (Phi) is 5.78. The van der Waals surface area contributed by atoms with Crippen LogP contribution in [-0.4, -0.2) is 11.1 Å². The van der Waals surface area contributed by atoms with E-state index in [9.17, 15) is 9.90 Å². The van der Waals surface area contributed by atoms with Gasteiger partial charge < -0.3 is 5.11 Å². The molecule has 0 spiro atoms. The predicted molar refractivity (Wildman–Crippen MR) is 101 cm³/mol. The van der Waals surface area contributed by atoms with E-state index in [4.69, 9.17) is 0 Å². The molecule has 2 rings (SSSR count). The third kappa shape index (κ3) is 4.02. The fourth-order valence-electron chi connectivity index (χ4n) is 4.03. The van der Waals surface area contributed by atoms with Crippen LogP contribution >= 0.6 is 0 Å². The highest BCUT2D eigenvalue weighted by atomic mass is 16.4. The summed E-state index contributed by atoms with van der Waals surface area (Å²) in [6, 6.07) is 6.48. The molecule has 1 aliphatic carbocycles. The quantitative estimate of drug-likeness (QED) is 0.607. The minimum absolute atomic E-state index is 0.131. The topological polar surface area (TPSA) is 37.3 Å². The van der Waals surface area contributed by atoms with Gasteiger partial charge in [-0.1, -0.05) is 78.5 Å². The summed E-state index contributed by atoms with van der Waals surface area (Å²) < 4.78 is 0. The molecule has 0 heterocycles. The van der Waals surface area contributed by atoms with E-state index in [1.54, 1.807) is 0 Å². The van der Waals surface area contributed by atoms with Gasteiger partial charge in [-0.05, 0) is 46.8 Å². The van der Waals surface area contributed by atoms with Gasteiger partial charge >= 0.3 is 5.97 Å². The van der Waals surface area contributed by atoms with Gasteiger partial charge in [0.05, 0.1) is 5.92 Å². The van der Waals surface area contributed by atoms with Crippen LogP contribution < -0.4 is 0 Å². The molecule has 0 saturated heterocycles. The molecule has 1 atom stereocenters. The van der Waals surface area contributed by atoms with E-state index in [2.05, 4.69) is 52.8 Å². The van der Waals surface area contributed by atoms with Crippen molar-refractivity contribution in [2.45, 2.75) is 96.3 Å². The van der Waals surface area contributed by atoms with Gasteiger partial charge in [-0.15, -0.1) is 0 Å². The van der Waals surface area contributed by atoms with E-state index >= 15 is 0 Å². The molecule has 0 amide bonds. The van der Waals surface area contributed by atoms with E-state index in [1.807, 2.05) is 0 Å². The molecular weight excluding hydrogens is 296 g/mol. The van der Waals surface area contributed by atoms with Gasteiger partial charge in [-0.3, -0.25) is 4.79 Å². The highest BCUT2D eigenvalue weighted by molar-refractivity contribution is 5.76. The summed E-state index contributed by atoms with van der Waals surface area (Å²) in [6.45, 7) is 11.4. The Balaban J connectivity index is 2.32. The standard InChI is InChI=1S/C22H34O2/c1-6-7-8-9-10-17(20(23)24)16-11-12-18-19(15-16)22(4,5)14-13-21(18,2)3/h11-12,15,17H,6-10,13-14H2,1-5H3,(H,23,24). The molecule has 1 N–H and O–H groups in total. The molecule has 1 unspecified atom stereocenters. The number of rotatable bonds is 7. The first kappa shape index (κ1) is 19.0. The molecule has 0 radical (unpaired) electrons. The summed E-state index contributed by atoms with van der Waals surface area (Å²) in [6.07, 6.45) is 7.59. The largest absolute Gasteiger partial charge is 0.481 e. The second kappa shape index (κ2) is 7.29. The maximum Gasteiger partial charge on any atom is 0.310 e. The number of benzene rings is 1. The number of carboxylic acid groups (broad SMARTS) is 1. The number of fused-ring (bicyclic) bond motifs is 1. The normalized spacial score (nSPS) is 19.5. The van der Waals surface area contributed by atoms with Gasteiger partial charge in [-0.25, -0.2) is 0 Å². The second-order valence-corrected chi connectivity index (χ2v) is 8.81. The van der Waals surface area contributed by atoms with Crippen molar-refractivity contribution < 1.29 is 9.90 Å². The van der Waals surface area contributed by atoms with Crippen LogP contribution in [-0.2, 0) is 15.6 Å². The average molecular weight is 331 g/mol. The molecular formula is C22H34O2. The molecule has 0 aromatic heterocycles. The van der Waals surface area contributed by atoms with E-state index < -0.39 is 5.97 Å². The summed E-state index contributed by atoms with van der Waals surface area (Å²) in [5.41, 5.74) is 4.06. The van der Waals surface area contributed by atoms with Crippen molar-refractivity contribution in [1.29, 1.82) is 0 Å². The Labute approximate surface area is 147 Å². The Bertz CT molecular complexity index is 584. The van der Waals surface area contributed by atoms with Gasteiger partial charge in [0.15, 0.2) is 0 Å². The Morgan fingerprint density at radius 2 is 1.67 bits per heavy atom. The lowest BCUT2D eigenvalue weighted by molar-refractivity contribution is -0.139. The maximum atomic E-state index is 11.8. The van der Waals surface area contributed by atoms with Crippen molar-refractivity contribution in [3.63, 3.8) is 0 Å². The van der Waals surface area contributed by atoms with Crippen LogP contribution in [0, 0.1) is 0 Å². The van der Waals surface area contributed by atoms with Gasteiger partial charge in [0.1, 0.15) is 0 Å².